The highest BCUT2D eigenvalue weighted by Gasteiger charge is 2.26. The van der Waals surface area contributed by atoms with Gasteiger partial charge in [0.15, 0.2) is 9.84 Å². The molecule has 0 spiro atoms. The predicted molar refractivity (Wildman–Crippen MR) is 47.0 cm³/mol. The van der Waals surface area contributed by atoms with Crippen molar-refractivity contribution in [2.45, 2.75) is 18.6 Å². The van der Waals surface area contributed by atoms with Gasteiger partial charge < -0.3 is 9.47 Å². The van der Waals surface area contributed by atoms with Crippen LogP contribution in [0.3, 0.4) is 0 Å². The zero-order chi connectivity index (χ0) is 9.31. The van der Waals surface area contributed by atoms with Gasteiger partial charge in [-0.15, -0.1) is 0 Å². The summed E-state index contributed by atoms with van der Waals surface area (Å²) < 4.78 is 32.7. The van der Waals surface area contributed by atoms with Gasteiger partial charge in [0.05, 0.1) is 24.6 Å². The van der Waals surface area contributed by atoms with E-state index in [1.807, 2.05) is 0 Å². The van der Waals surface area contributed by atoms with Crippen molar-refractivity contribution >= 4 is 9.84 Å². The second-order valence-electron chi connectivity index (χ2n) is 3.32. The first-order valence-corrected chi connectivity index (χ1v) is 6.01. The van der Waals surface area contributed by atoms with E-state index in [9.17, 15) is 8.42 Å². The topological polar surface area (TPSA) is 52.6 Å². The van der Waals surface area contributed by atoms with E-state index in [-0.39, 0.29) is 18.0 Å². The molecule has 4 nitrogen and oxygen atoms in total. The van der Waals surface area contributed by atoms with E-state index in [2.05, 4.69) is 0 Å². The van der Waals surface area contributed by atoms with Crippen molar-refractivity contribution in [3.63, 3.8) is 0 Å². The maximum Gasteiger partial charge on any atom is 0.174 e. The van der Waals surface area contributed by atoms with Gasteiger partial charge in [-0.25, -0.2) is 8.42 Å². The van der Waals surface area contributed by atoms with Crippen LogP contribution in [0.4, 0.5) is 0 Å². The Morgan fingerprint density at radius 3 is 2.85 bits per heavy atom. The van der Waals surface area contributed by atoms with Gasteiger partial charge in [0, 0.05) is 12.0 Å². The van der Waals surface area contributed by atoms with Gasteiger partial charge in [-0.05, 0) is 12.5 Å². The molecule has 2 heterocycles. The second-order valence-corrected chi connectivity index (χ2v) is 5.25. The summed E-state index contributed by atoms with van der Waals surface area (Å²) in [5.74, 6) is 0.0868. The third kappa shape index (κ3) is 2.30. The van der Waals surface area contributed by atoms with Crippen LogP contribution in [0.1, 0.15) is 6.42 Å². The van der Waals surface area contributed by atoms with E-state index in [0.29, 0.717) is 13.2 Å². The molecule has 0 saturated carbocycles. The molecule has 0 aromatic heterocycles. The summed E-state index contributed by atoms with van der Waals surface area (Å²) in [7, 11) is -2.98. The fraction of sp³-hybridized carbons (Fsp3) is 0.750. The maximum atomic E-state index is 11.0. The molecule has 0 aliphatic carbocycles. The Balaban J connectivity index is 1.87. The molecule has 2 rings (SSSR count). The molecular formula is C8H12O4S. The van der Waals surface area contributed by atoms with E-state index >= 15 is 0 Å². The molecule has 0 radical (unpaired) electrons. The van der Waals surface area contributed by atoms with Gasteiger partial charge in [0.2, 0.25) is 0 Å². The summed E-state index contributed by atoms with van der Waals surface area (Å²) >= 11 is 0. The molecule has 0 amide bonds. The predicted octanol–water partition coefficient (Wildman–Crippen LogP) is 0.103. The number of sulfone groups is 1. The Labute approximate surface area is 77.4 Å². The van der Waals surface area contributed by atoms with Crippen LogP contribution >= 0.6 is 0 Å². The van der Waals surface area contributed by atoms with E-state index in [1.54, 1.807) is 6.08 Å². The lowest BCUT2D eigenvalue weighted by Gasteiger charge is -2.13. The monoisotopic (exact) mass is 204 g/mol. The lowest BCUT2D eigenvalue weighted by molar-refractivity contribution is 0.0187. The molecule has 2 aliphatic rings. The molecule has 2 atom stereocenters. The summed E-state index contributed by atoms with van der Waals surface area (Å²) in [6.45, 7) is 1.30. The zero-order valence-electron chi connectivity index (χ0n) is 7.18. The van der Waals surface area contributed by atoms with Crippen LogP contribution in [0.25, 0.3) is 0 Å². The summed E-state index contributed by atoms with van der Waals surface area (Å²) in [6, 6.07) is 0. The molecule has 0 aromatic carbocycles. The molecular weight excluding hydrogens is 192 g/mol. The van der Waals surface area contributed by atoms with Gasteiger partial charge in [0.1, 0.15) is 0 Å². The van der Waals surface area contributed by atoms with E-state index < -0.39 is 9.84 Å². The average Bonchev–Trinajstić information content (AvgIpc) is 2.61. The fourth-order valence-corrected chi connectivity index (χ4v) is 2.67. The van der Waals surface area contributed by atoms with Gasteiger partial charge >= 0.3 is 0 Å². The Morgan fingerprint density at radius 1 is 1.46 bits per heavy atom. The first kappa shape index (κ1) is 9.18. The maximum absolute atomic E-state index is 11.0. The van der Waals surface area contributed by atoms with Crippen molar-refractivity contribution in [2.24, 2.45) is 0 Å². The van der Waals surface area contributed by atoms with Crippen LogP contribution in [0.15, 0.2) is 11.5 Å². The zero-order valence-corrected chi connectivity index (χ0v) is 8.00. The Hall–Kier alpha value is -0.390. The molecule has 0 bridgehead atoms. The number of hydrogen-bond donors (Lipinski definition) is 0. The minimum Gasteiger partial charge on any atom is -0.379 e. The van der Waals surface area contributed by atoms with Crippen LogP contribution in [0, 0.1) is 0 Å². The van der Waals surface area contributed by atoms with Crippen LogP contribution in [-0.2, 0) is 19.3 Å². The number of ether oxygens (including phenoxy) is 2. The molecule has 2 aliphatic heterocycles. The highest BCUT2D eigenvalue weighted by atomic mass is 32.2. The summed E-state index contributed by atoms with van der Waals surface area (Å²) in [6.07, 6.45) is 2.28. The van der Waals surface area contributed by atoms with E-state index in [1.165, 1.54) is 5.41 Å². The third-order valence-electron chi connectivity index (χ3n) is 2.15. The highest BCUT2D eigenvalue weighted by Crippen LogP contribution is 2.17. The molecule has 2 unspecified atom stereocenters. The largest absolute Gasteiger partial charge is 0.379 e. The molecule has 13 heavy (non-hydrogen) atoms. The normalized spacial score (nSPS) is 36.9. The van der Waals surface area contributed by atoms with Crippen LogP contribution in [0.5, 0.6) is 0 Å². The van der Waals surface area contributed by atoms with Crippen molar-refractivity contribution in [3.05, 3.63) is 11.5 Å². The Bertz CT molecular complexity index is 300. The molecule has 1 fully saturated rings. The summed E-state index contributed by atoms with van der Waals surface area (Å²) in [5, 5.41) is 1.23. The SMILES string of the molecule is O=S1(=O)C=CC(OC2CCOC2)C1. The lowest BCUT2D eigenvalue weighted by Crippen LogP contribution is -2.23. The van der Waals surface area contributed by atoms with Crippen molar-refractivity contribution in [3.8, 4) is 0 Å². The van der Waals surface area contributed by atoms with Crippen LogP contribution < -0.4 is 0 Å². The standard InChI is InChI=1S/C8H12O4S/c9-13(10)4-2-8(6-13)12-7-1-3-11-5-7/h2,4,7-8H,1,3,5-6H2. The molecule has 74 valence electrons. The van der Waals surface area contributed by atoms with Gasteiger partial charge in [-0.3, -0.25) is 0 Å². The van der Waals surface area contributed by atoms with Gasteiger partial charge in [-0.2, -0.15) is 0 Å². The average molecular weight is 204 g/mol. The molecule has 0 aromatic rings. The Kier molecular flexibility index (Phi) is 2.40. The second kappa shape index (κ2) is 3.40. The lowest BCUT2D eigenvalue weighted by atomic mass is 10.3. The minimum atomic E-state index is -2.98. The van der Waals surface area contributed by atoms with Crippen molar-refractivity contribution in [2.75, 3.05) is 19.0 Å². The molecule has 0 N–H and O–H groups in total. The first-order chi connectivity index (χ1) is 6.16. The van der Waals surface area contributed by atoms with Gasteiger partial charge in [-0.1, -0.05) is 0 Å². The van der Waals surface area contributed by atoms with Crippen molar-refractivity contribution in [1.29, 1.82) is 0 Å². The molecule has 1 saturated heterocycles. The smallest absolute Gasteiger partial charge is 0.174 e. The van der Waals surface area contributed by atoms with Crippen molar-refractivity contribution in [1.82, 2.24) is 0 Å². The van der Waals surface area contributed by atoms with Crippen molar-refractivity contribution < 1.29 is 17.9 Å². The fourth-order valence-electron chi connectivity index (χ4n) is 1.50. The van der Waals surface area contributed by atoms with Gasteiger partial charge in [0.25, 0.3) is 0 Å². The molecule has 5 heteroatoms. The number of hydrogen-bond acceptors (Lipinski definition) is 4. The van der Waals surface area contributed by atoms with E-state index in [0.717, 1.165) is 6.42 Å². The van der Waals surface area contributed by atoms with Crippen LogP contribution in [0.2, 0.25) is 0 Å². The minimum absolute atomic E-state index is 0.0722. The first-order valence-electron chi connectivity index (χ1n) is 4.30. The number of rotatable bonds is 2. The Morgan fingerprint density at radius 2 is 2.31 bits per heavy atom. The van der Waals surface area contributed by atoms with E-state index in [4.69, 9.17) is 9.47 Å². The van der Waals surface area contributed by atoms with Crippen LogP contribution in [-0.4, -0.2) is 39.6 Å². The highest BCUT2D eigenvalue weighted by molar-refractivity contribution is 7.94. The quantitative estimate of drug-likeness (QED) is 0.640. The summed E-state index contributed by atoms with van der Waals surface area (Å²) in [5.41, 5.74) is 0. The third-order valence-corrected chi connectivity index (χ3v) is 3.52. The summed E-state index contributed by atoms with van der Waals surface area (Å²) in [4.78, 5) is 0.